The molecule has 0 radical (unpaired) electrons. The van der Waals surface area contributed by atoms with Crippen molar-refractivity contribution < 1.29 is 4.74 Å². The van der Waals surface area contributed by atoms with Crippen LogP contribution in [0.25, 0.3) is 0 Å². The highest BCUT2D eigenvalue weighted by Crippen LogP contribution is 2.42. The van der Waals surface area contributed by atoms with Gasteiger partial charge in [0.25, 0.3) is 0 Å². The molecule has 2 aliphatic rings. The quantitative estimate of drug-likeness (QED) is 0.855. The molecule has 1 atom stereocenters. The van der Waals surface area contributed by atoms with Crippen LogP contribution < -0.4 is 5.32 Å². The number of ether oxygens (including phenoxy) is 1. The average Bonchev–Trinajstić information content (AvgIpc) is 3.16. The van der Waals surface area contributed by atoms with E-state index >= 15 is 0 Å². The fourth-order valence-electron chi connectivity index (χ4n) is 3.87. The first-order valence-corrected chi connectivity index (χ1v) is 9.81. The molecule has 25 heavy (non-hydrogen) atoms. The lowest BCUT2D eigenvalue weighted by Gasteiger charge is -2.50. The Bertz CT molecular complexity index is 711. The summed E-state index contributed by atoms with van der Waals surface area (Å²) in [6.07, 6.45) is 5.95. The summed E-state index contributed by atoms with van der Waals surface area (Å²) < 4.78 is 6.16. The van der Waals surface area contributed by atoms with Gasteiger partial charge >= 0.3 is 0 Å². The first-order chi connectivity index (χ1) is 12.1. The van der Waals surface area contributed by atoms with Gasteiger partial charge in [-0.3, -0.25) is 4.90 Å². The van der Waals surface area contributed by atoms with Gasteiger partial charge in [0.2, 0.25) is 5.95 Å². The largest absolute Gasteiger partial charge is 0.372 e. The molecule has 6 nitrogen and oxygen atoms in total. The van der Waals surface area contributed by atoms with Gasteiger partial charge < -0.3 is 10.1 Å². The molecule has 0 aliphatic carbocycles. The van der Waals surface area contributed by atoms with Crippen LogP contribution in [0.5, 0.6) is 0 Å². The third-order valence-corrected chi connectivity index (χ3v) is 6.12. The molecule has 7 heteroatoms. The molecular formula is C18H25N5OS. The second-order valence-corrected chi connectivity index (χ2v) is 8.17. The Morgan fingerprint density at radius 3 is 2.84 bits per heavy atom. The maximum atomic E-state index is 6.16. The highest BCUT2D eigenvalue weighted by molar-refractivity contribution is 7.09. The van der Waals surface area contributed by atoms with Crippen LogP contribution in [0.1, 0.15) is 29.1 Å². The van der Waals surface area contributed by atoms with Crippen LogP contribution in [0.3, 0.4) is 0 Å². The number of anilines is 1. The van der Waals surface area contributed by atoms with Crippen LogP contribution >= 0.6 is 11.3 Å². The minimum Gasteiger partial charge on any atom is -0.372 e. The number of hydrogen-bond acceptors (Lipinski definition) is 7. The normalized spacial score (nSPS) is 22.2. The molecule has 1 spiro atoms. The maximum absolute atomic E-state index is 6.16. The van der Waals surface area contributed by atoms with Crippen molar-refractivity contribution in [2.75, 3.05) is 31.6 Å². The van der Waals surface area contributed by atoms with Crippen LogP contribution in [-0.2, 0) is 11.3 Å². The first-order valence-electron chi connectivity index (χ1n) is 8.93. The fourth-order valence-corrected chi connectivity index (χ4v) is 4.69. The lowest BCUT2D eigenvalue weighted by Crippen LogP contribution is -2.64. The van der Waals surface area contributed by atoms with Gasteiger partial charge in [-0.25, -0.2) is 15.0 Å². The van der Waals surface area contributed by atoms with E-state index in [4.69, 9.17) is 4.74 Å². The SMILES string of the molecule is Cc1cnc(NCCC2CCOC23CN(Cc2nc(C)cs2)C3)nc1. The van der Waals surface area contributed by atoms with Gasteiger partial charge in [0.1, 0.15) is 5.01 Å². The van der Waals surface area contributed by atoms with Crippen molar-refractivity contribution in [3.8, 4) is 0 Å². The molecule has 2 saturated heterocycles. The summed E-state index contributed by atoms with van der Waals surface area (Å²) in [5.41, 5.74) is 2.26. The molecular weight excluding hydrogens is 334 g/mol. The summed E-state index contributed by atoms with van der Waals surface area (Å²) in [7, 11) is 0. The van der Waals surface area contributed by atoms with Crippen molar-refractivity contribution in [1.29, 1.82) is 0 Å². The molecule has 4 heterocycles. The molecule has 2 aliphatic heterocycles. The number of likely N-dealkylation sites (tertiary alicyclic amines) is 1. The van der Waals surface area contributed by atoms with Crippen molar-refractivity contribution in [2.45, 2.75) is 38.8 Å². The van der Waals surface area contributed by atoms with Crippen LogP contribution in [0.4, 0.5) is 5.95 Å². The number of nitrogens with one attached hydrogen (secondary N) is 1. The molecule has 2 fully saturated rings. The zero-order valence-electron chi connectivity index (χ0n) is 14.9. The lowest BCUT2D eigenvalue weighted by molar-refractivity contribution is -0.136. The predicted molar refractivity (Wildman–Crippen MR) is 98.8 cm³/mol. The van der Waals surface area contributed by atoms with E-state index in [2.05, 4.69) is 37.5 Å². The number of nitrogens with zero attached hydrogens (tertiary/aromatic N) is 4. The standard InChI is InChI=1S/C18H25N5OS/c1-13-7-20-17(21-8-13)19-5-3-15-4-6-24-18(15)11-23(12-18)9-16-22-14(2)10-25-16/h7-8,10,15H,3-6,9,11-12H2,1-2H3,(H,19,20,21). The van der Waals surface area contributed by atoms with E-state index < -0.39 is 0 Å². The van der Waals surface area contributed by atoms with Gasteiger partial charge in [-0.05, 0) is 38.2 Å². The zero-order valence-corrected chi connectivity index (χ0v) is 15.7. The molecule has 1 N–H and O–H groups in total. The van der Waals surface area contributed by atoms with Crippen molar-refractivity contribution in [1.82, 2.24) is 19.9 Å². The average molecular weight is 359 g/mol. The van der Waals surface area contributed by atoms with Gasteiger partial charge in [0.05, 0.1) is 12.1 Å². The predicted octanol–water partition coefficient (Wildman–Crippen LogP) is 2.64. The summed E-state index contributed by atoms with van der Waals surface area (Å²) in [4.78, 5) is 15.6. The summed E-state index contributed by atoms with van der Waals surface area (Å²) >= 11 is 1.75. The minimum absolute atomic E-state index is 0.0577. The van der Waals surface area contributed by atoms with Gasteiger partial charge in [0.15, 0.2) is 0 Å². The Morgan fingerprint density at radius 2 is 2.12 bits per heavy atom. The van der Waals surface area contributed by atoms with Gasteiger partial charge in [0, 0.05) is 49.7 Å². The second kappa shape index (κ2) is 6.97. The Kier molecular flexibility index (Phi) is 4.71. The summed E-state index contributed by atoms with van der Waals surface area (Å²) in [6, 6.07) is 0. The zero-order chi connectivity index (χ0) is 17.3. The molecule has 2 aromatic heterocycles. The van der Waals surface area contributed by atoms with E-state index in [0.717, 1.165) is 56.9 Å². The molecule has 0 bridgehead atoms. The van der Waals surface area contributed by atoms with Crippen molar-refractivity contribution in [3.63, 3.8) is 0 Å². The maximum Gasteiger partial charge on any atom is 0.222 e. The first kappa shape index (κ1) is 16.9. The van der Waals surface area contributed by atoms with Gasteiger partial charge in [-0.1, -0.05) is 0 Å². The van der Waals surface area contributed by atoms with Crippen molar-refractivity contribution in [3.05, 3.63) is 34.0 Å². The molecule has 0 aromatic carbocycles. The summed E-state index contributed by atoms with van der Waals surface area (Å²) in [5.74, 6) is 1.33. The number of rotatable bonds is 6. The minimum atomic E-state index is 0.0577. The Morgan fingerprint density at radius 1 is 1.32 bits per heavy atom. The van der Waals surface area contributed by atoms with E-state index in [0.29, 0.717) is 11.9 Å². The van der Waals surface area contributed by atoms with Crippen LogP contribution in [0, 0.1) is 19.8 Å². The van der Waals surface area contributed by atoms with Crippen LogP contribution in [0.2, 0.25) is 0 Å². The van der Waals surface area contributed by atoms with Gasteiger partial charge in [-0.15, -0.1) is 11.3 Å². The highest BCUT2D eigenvalue weighted by atomic mass is 32.1. The Labute approximate surface area is 152 Å². The number of aryl methyl sites for hydroxylation is 2. The molecule has 0 amide bonds. The lowest BCUT2D eigenvalue weighted by atomic mass is 9.79. The smallest absolute Gasteiger partial charge is 0.222 e. The third-order valence-electron chi connectivity index (χ3n) is 5.16. The van der Waals surface area contributed by atoms with E-state index in [-0.39, 0.29) is 5.60 Å². The molecule has 134 valence electrons. The molecule has 1 unspecified atom stereocenters. The van der Waals surface area contributed by atoms with Crippen LogP contribution in [0.15, 0.2) is 17.8 Å². The third kappa shape index (κ3) is 3.68. The molecule has 4 rings (SSSR count). The number of aromatic nitrogens is 3. The number of hydrogen-bond donors (Lipinski definition) is 1. The van der Waals surface area contributed by atoms with E-state index in [1.54, 1.807) is 11.3 Å². The second-order valence-electron chi connectivity index (χ2n) is 7.23. The van der Waals surface area contributed by atoms with Gasteiger partial charge in [-0.2, -0.15) is 0 Å². The van der Waals surface area contributed by atoms with E-state index in [1.165, 1.54) is 5.01 Å². The highest BCUT2D eigenvalue weighted by Gasteiger charge is 2.52. The van der Waals surface area contributed by atoms with E-state index in [9.17, 15) is 0 Å². The fraction of sp³-hybridized carbons (Fsp3) is 0.611. The Hall–Kier alpha value is -1.57. The molecule has 2 aromatic rings. The summed E-state index contributed by atoms with van der Waals surface area (Å²) in [5, 5.41) is 6.67. The Balaban J connectivity index is 1.26. The summed E-state index contributed by atoms with van der Waals surface area (Å²) in [6.45, 7) is 8.83. The van der Waals surface area contributed by atoms with Crippen LogP contribution in [-0.4, -0.2) is 51.7 Å². The van der Waals surface area contributed by atoms with E-state index in [1.807, 2.05) is 19.3 Å². The molecule has 0 saturated carbocycles. The topological polar surface area (TPSA) is 63.2 Å². The number of thiazole rings is 1. The van der Waals surface area contributed by atoms with Crippen molar-refractivity contribution in [2.24, 2.45) is 5.92 Å². The monoisotopic (exact) mass is 359 g/mol. The van der Waals surface area contributed by atoms with Crippen molar-refractivity contribution >= 4 is 17.3 Å².